The molecule has 0 radical (unpaired) electrons. The van der Waals surface area contributed by atoms with Gasteiger partial charge in [0.1, 0.15) is 15.7 Å². The van der Waals surface area contributed by atoms with Crippen molar-refractivity contribution >= 4 is 34.2 Å². The van der Waals surface area contributed by atoms with Gasteiger partial charge in [-0.2, -0.15) is 9.97 Å². The van der Waals surface area contributed by atoms with Gasteiger partial charge in [-0.1, -0.05) is 23.7 Å². The minimum absolute atomic E-state index is 0.0352. The maximum atomic E-state index is 12.5. The molecule has 9 heteroatoms. The van der Waals surface area contributed by atoms with E-state index in [4.69, 9.17) is 21.3 Å². The van der Waals surface area contributed by atoms with Crippen molar-refractivity contribution in [2.45, 2.75) is 48.5 Å². The van der Waals surface area contributed by atoms with Crippen molar-refractivity contribution in [3.8, 4) is 5.88 Å². The zero-order chi connectivity index (χ0) is 21.2. The molecule has 2 saturated carbocycles. The Morgan fingerprint density at radius 1 is 1.23 bits per heavy atom. The van der Waals surface area contributed by atoms with E-state index < -0.39 is 10.8 Å². The average Bonchev–Trinajstić information content (AvgIpc) is 3.05. The smallest absolute Gasteiger partial charge is 0.238 e. The van der Waals surface area contributed by atoms with E-state index in [0.29, 0.717) is 33.9 Å². The lowest BCUT2D eigenvalue weighted by molar-refractivity contribution is 0.0619. The topological polar surface area (TPSA) is 87.6 Å². The second kappa shape index (κ2) is 7.05. The van der Waals surface area contributed by atoms with Crippen LogP contribution in [0.2, 0.25) is 5.02 Å². The summed E-state index contributed by atoms with van der Waals surface area (Å²) in [5.74, 6) is 2.28. The average molecular weight is 461 g/mol. The molecule has 0 unspecified atom stereocenters. The summed E-state index contributed by atoms with van der Waals surface area (Å²) in [5, 5.41) is 14.0. The van der Waals surface area contributed by atoms with Gasteiger partial charge in [0, 0.05) is 23.5 Å². The minimum Gasteiger partial charge on any atom is -0.463 e. The first-order chi connectivity index (χ1) is 15.0. The normalized spacial score (nSPS) is 25.2. The summed E-state index contributed by atoms with van der Waals surface area (Å²) in [6.07, 6.45) is 5.15. The van der Waals surface area contributed by atoms with Gasteiger partial charge in [0.05, 0.1) is 12.1 Å². The Morgan fingerprint density at radius 2 is 1.97 bits per heavy atom. The van der Waals surface area contributed by atoms with E-state index in [1.165, 1.54) is 5.56 Å². The maximum Gasteiger partial charge on any atom is 0.238 e. The Morgan fingerprint density at radius 3 is 2.61 bits per heavy atom. The Kier molecular flexibility index (Phi) is 4.49. The minimum atomic E-state index is -1.28. The van der Waals surface area contributed by atoms with Crippen LogP contribution in [-0.4, -0.2) is 50.5 Å². The van der Waals surface area contributed by atoms with Crippen molar-refractivity contribution in [1.29, 1.82) is 0 Å². The fourth-order valence-electron chi connectivity index (χ4n) is 5.41. The standard InChI is InChI=1S/C22H25ClN4O3S/c23-16-4-2-14(3-5-16)15-8-21(9-15)10-27(11-21)20-24-18(26-22(12-28)6-1-7-22)17-19(25-20)30-13-31(17)29/h2-5,15,28H,1,6-13H2,(H,24,25,26)/t31-/m1/s1. The highest BCUT2D eigenvalue weighted by Gasteiger charge is 2.53. The number of aromatic nitrogens is 2. The molecule has 0 amide bonds. The summed E-state index contributed by atoms with van der Waals surface area (Å²) in [4.78, 5) is 12.0. The van der Waals surface area contributed by atoms with Crippen LogP contribution in [0, 0.1) is 5.41 Å². The summed E-state index contributed by atoms with van der Waals surface area (Å²) in [7, 11) is -1.28. The molecule has 1 aromatic heterocycles. The number of nitrogens with one attached hydrogen (secondary N) is 1. The number of aliphatic hydroxyl groups excluding tert-OH is 1. The van der Waals surface area contributed by atoms with Gasteiger partial charge in [-0.05, 0) is 55.7 Å². The van der Waals surface area contributed by atoms with Crippen LogP contribution in [0.1, 0.15) is 43.6 Å². The molecule has 31 heavy (non-hydrogen) atoms. The summed E-state index contributed by atoms with van der Waals surface area (Å²) in [6.45, 7) is 1.88. The summed E-state index contributed by atoms with van der Waals surface area (Å²) < 4.78 is 18.1. The molecule has 6 rings (SSSR count). The van der Waals surface area contributed by atoms with E-state index in [1.807, 2.05) is 12.1 Å². The second-order valence-corrected chi connectivity index (χ2v) is 11.3. The van der Waals surface area contributed by atoms with Gasteiger partial charge in [0.15, 0.2) is 11.8 Å². The highest BCUT2D eigenvalue weighted by atomic mass is 35.5. The molecule has 3 heterocycles. The van der Waals surface area contributed by atoms with Crippen molar-refractivity contribution < 1.29 is 14.1 Å². The van der Waals surface area contributed by atoms with Crippen LogP contribution in [0.3, 0.4) is 0 Å². The predicted molar refractivity (Wildman–Crippen MR) is 119 cm³/mol. The van der Waals surface area contributed by atoms with Crippen molar-refractivity contribution in [3.05, 3.63) is 34.9 Å². The van der Waals surface area contributed by atoms with Gasteiger partial charge >= 0.3 is 0 Å². The third kappa shape index (κ3) is 3.22. The van der Waals surface area contributed by atoms with Gasteiger partial charge in [0.2, 0.25) is 11.8 Å². The van der Waals surface area contributed by atoms with Crippen molar-refractivity contribution in [3.63, 3.8) is 0 Å². The zero-order valence-corrected chi connectivity index (χ0v) is 18.7. The number of hydrogen-bond acceptors (Lipinski definition) is 7. The Balaban J connectivity index is 1.18. The third-order valence-electron chi connectivity index (χ3n) is 7.39. The van der Waals surface area contributed by atoms with Gasteiger partial charge < -0.3 is 20.1 Å². The first kappa shape index (κ1) is 19.8. The Bertz CT molecular complexity index is 1040. The van der Waals surface area contributed by atoms with Crippen molar-refractivity contribution in [2.75, 3.05) is 35.9 Å². The van der Waals surface area contributed by atoms with Crippen molar-refractivity contribution in [1.82, 2.24) is 9.97 Å². The van der Waals surface area contributed by atoms with E-state index in [0.717, 1.165) is 50.2 Å². The van der Waals surface area contributed by atoms with E-state index in [1.54, 1.807) is 0 Å². The number of benzene rings is 1. The van der Waals surface area contributed by atoms with Crippen LogP contribution in [0.25, 0.3) is 0 Å². The van der Waals surface area contributed by atoms with Crippen LogP contribution >= 0.6 is 11.6 Å². The molecular formula is C22H25ClN4O3S. The largest absolute Gasteiger partial charge is 0.463 e. The van der Waals surface area contributed by atoms with E-state index >= 15 is 0 Å². The maximum absolute atomic E-state index is 12.5. The number of fused-ring (bicyclic) bond motifs is 1. The Labute approximate surface area is 188 Å². The molecule has 164 valence electrons. The van der Waals surface area contributed by atoms with Gasteiger partial charge in [0.25, 0.3) is 0 Å². The SMILES string of the molecule is O=[S@@]1COc2nc(N3CC4(CC(c5ccc(Cl)cc5)C4)C3)nc(NC3(CO)CCC3)c21. The van der Waals surface area contributed by atoms with Gasteiger partial charge in [-0.3, -0.25) is 4.21 Å². The van der Waals surface area contributed by atoms with E-state index in [-0.39, 0.29) is 18.1 Å². The molecule has 0 bridgehead atoms. The number of nitrogens with zero attached hydrogens (tertiary/aromatic N) is 3. The molecule has 2 aromatic rings. The number of aliphatic hydroxyl groups is 1. The highest BCUT2D eigenvalue weighted by molar-refractivity contribution is 7.85. The van der Waals surface area contributed by atoms with Crippen molar-refractivity contribution in [2.24, 2.45) is 5.41 Å². The molecule has 7 nitrogen and oxygen atoms in total. The number of hydrogen-bond donors (Lipinski definition) is 2. The molecular weight excluding hydrogens is 436 g/mol. The van der Waals surface area contributed by atoms with Gasteiger partial charge in [-0.25, -0.2) is 0 Å². The summed E-state index contributed by atoms with van der Waals surface area (Å²) >= 11 is 6.01. The lowest BCUT2D eigenvalue weighted by atomic mass is 9.56. The number of ether oxygens (including phenoxy) is 1. The van der Waals surface area contributed by atoms with E-state index in [9.17, 15) is 9.32 Å². The summed E-state index contributed by atoms with van der Waals surface area (Å²) in [6, 6.07) is 8.19. The highest BCUT2D eigenvalue weighted by Crippen LogP contribution is 2.56. The quantitative estimate of drug-likeness (QED) is 0.707. The first-order valence-corrected chi connectivity index (χ1v) is 12.5. The third-order valence-corrected chi connectivity index (χ3v) is 8.79. The lowest BCUT2D eigenvalue weighted by Gasteiger charge is -2.59. The zero-order valence-electron chi connectivity index (χ0n) is 17.1. The van der Waals surface area contributed by atoms with Crippen LogP contribution in [-0.2, 0) is 10.8 Å². The Hall–Kier alpha value is -1.90. The molecule has 1 saturated heterocycles. The van der Waals surface area contributed by atoms with Crippen LogP contribution in [0.15, 0.2) is 29.2 Å². The fraction of sp³-hybridized carbons (Fsp3) is 0.545. The second-order valence-electron chi connectivity index (χ2n) is 9.54. The van der Waals surface area contributed by atoms with Crippen LogP contribution in [0.5, 0.6) is 5.88 Å². The van der Waals surface area contributed by atoms with Crippen LogP contribution in [0.4, 0.5) is 11.8 Å². The lowest BCUT2D eigenvalue weighted by Crippen LogP contribution is -2.62. The predicted octanol–water partition coefficient (Wildman–Crippen LogP) is 3.30. The van der Waals surface area contributed by atoms with Gasteiger partial charge in [-0.15, -0.1) is 0 Å². The van der Waals surface area contributed by atoms with E-state index in [2.05, 4.69) is 27.3 Å². The number of rotatable bonds is 5. The number of anilines is 2. The molecule has 2 aliphatic carbocycles. The molecule has 3 fully saturated rings. The first-order valence-electron chi connectivity index (χ1n) is 10.8. The molecule has 2 N–H and O–H groups in total. The van der Waals surface area contributed by atoms with Crippen LogP contribution < -0.4 is 15.0 Å². The fourth-order valence-corrected chi connectivity index (χ4v) is 6.49. The molecule has 1 aromatic carbocycles. The molecule has 2 aliphatic heterocycles. The molecule has 4 aliphatic rings. The number of halogens is 1. The monoisotopic (exact) mass is 460 g/mol. The summed E-state index contributed by atoms with van der Waals surface area (Å²) in [5.41, 5.74) is 1.31. The molecule has 1 atom stereocenters. The molecule has 1 spiro atoms.